The van der Waals surface area contributed by atoms with E-state index in [0.29, 0.717) is 11.7 Å². The molecule has 0 aliphatic carbocycles. The maximum absolute atomic E-state index is 5.33. The van der Waals surface area contributed by atoms with E-state index in [1.165, 1.54) is 0 Å². The summed E-state index contributed by atoms with van der Waals surface area (Å²) in [6.07, 6.45) is 1.57. The maximum atomic E-state index is 5.33. The third kappa shape index (κ3) is 1.79. The van der Waals surface area contributed by atoms with Gasteiger partial charge in [0.2, 0.25) is 5.89 Å². The molecule has 0 aliphatic heterocycles. The van der Waals surface area contributed by atoms with E-state index in [1.807, 2.05) is 24.3 Å². The molecule has 0 amide bonds. The Morgan fingerprint density at radius 1 is 1.33 bits per heavy atom. The van der Waals surface area contributed by atoms with E-state index in [9.17, 15) is 0 Å². The number of methoxy groups -OCH3 is 1. The number of nitrogens with one attached hydrogen (secondary N) is 1. The molecule has 4 nitrogen and oxygen atoms in total. The van der Waals surface area contributed by atoms with Gasteiger partial charge in [-0.05, 0) is 12.1 Å². The van der Waals surface area contributed by atoms with E-state index in [4.69, 9.17) is 9.15 Å². The van der Waals surface area contributed by atoms with Gasteiger partial charge in [-0.25, -0.2) is 0 Å². The van der Waals surface area contributed by atoms with Crippen molar-refractivity contribution in [2.75, 3.05) is 19.5 Å². The van der Waals surface area contributed by atoms with Crippen molar-refractivity contribution >= 4 is 5.82 Å². The first-order chi connectivity index (χ1) is 7.35. The second-order valence-corrected chi connectivity index (χ2v) is 2.99. The topological polar surface area (TPSA) is 47.3 Å². The number of hydrogen-bond donors (Lipinski definition) is 1. The molecular weight excluding hydrogens is 192 g/mol. The average Bonchev–Trinajstić information content (AvgIpc) is 2.77. The highest BCUT2D eigenvalue weighted by atomic mass is 16.5. The highest BCUT2D eigenvalue weighted by molar-refractivity contribution is 5.63. The van der Waals surface area contributed by atoms with E-state index in [2.05, 4.69) is 10.3 Å². The van der Waals surface area contributed by atoms with Crippen LogP contribution in [0.4, 0.5) is 5.82 Å². The van der Waals surface area contributed by atoms with Crippen LogP contribution < -0.4 is 10.1 Å². The fraction of sp³-hybridized carbons (Fsp3) is 0.182. The van der Waals surface area contributed by atoms with Crippen LogP contribution in [0.3, 0.4) is 0 Å². The summed E-state index contributed by atoms with van der Waals surface area (Å²) in [5.41, 5.74) is 0.849. The molecule has 0 aliphatic rings. The van der Waals surface area contributed by atoms with Gasteiger partial charge in [-0.15, -0.1) is 0 Å². The van der Waals surface area contributed by atoms with Crippen LogP contribution in [0.5, 0.6) is 5.75 Å². The van der Waals surface area contributed by atoms with Gasteiger partial charge >= 0.3 is 0 Å². The number of oxazole rings is 1. The fourth-order valence-corrected chi connectivity index (χ4v) is 1.33. The third-order valence-electron chi connectivity index (χ3n) is 2.10. The smallest absolute Gasteiger partial charge is 0.231 e. The second-order valence-electron chi connectivity index (χ2n) is 2.99. The molecule has 0 bridgehead atoms. The number of rotatable bonds is 3. The van der Waals surface area contributed by atoms with Crippen molar-refractivity contribution in [2.45, 2.75) is 0 Å². The van der Waals surface area contributed by atoms with Crippen molar-refractivity contribution in [1.29, 1.82) is 0 Å². The van der Waals surface area contributed by atoms with Crippen LogP contribution >= 0.6 is 0 Å². The van der Waals surface area contributed by atoms with Crippen LogP contribution in [0, 0.1) is 0 Å². The number of benzene rings is 1. The zero-order chi connectivity index (χ0) is 10.7. The first-order valence-electron chi connectivity index (χ1n) is 4.62. The average molecular weight is 204 g/mol. The number of ether oxygens (including phenoxy) is 1. The summed E-state index contributed by atoms with van der Waals surface area (Å²) in [6.45, 7) is 0. The van der Waals surface area contributed by atoms with Gasteiger partial charge in [0, 0.05) is 7.05 Å². The van der Waals surface area contributed by atoms with E-state index < -0.39 is 0 Å². The minimum absolute atomic E-state index is 0.553. The van der Waals surface area contributed by atoms with Crippen molar-refractivity contribution < 1.29 is 9.15 Å². The standard InChI is InChI=1S/C11H12N2O2/c1-12-10-7-15-11(13-10)8-5-3-4-6-9(8)14-2/h3-7,12H,1-2H3. The number of hydrogen-bond acceptors (Lipinski definition) is 4. The Labute approximate surface area is 87.9 Å². The summed E-state index contributed by atoms with van der Waals surface area (Å²) >= 11 is 0. The van der Waals surface area contributed by atoms with Gasteiger partial charge in [0.25, 0.3) is 0 Å². The lowest BCUT2D eigenvalue weighted by molar-refractivity contribution is 0.414. The molecule has 0 unspecified atom stereocenters. The zero-order valence-corrected chi connectivity index (χ0v) is 8.65. The molecule has 78 valence electrons. The molecule has 0 radical (unpaired) electrons. The van der Waals surface area contributed by atoms with Crippen molar-refractivity contribution in [1.82, 2.24) is 4.98 Å². The Morgan fingerprint density at radius 2 is 2.13 bits per heavy atom. The van der Waals surface area contributed by atoms with E-state index in [0.717, 1.165) is 11.3 Å². The molecule has 4 heteroatoms. The SMILES string of the molecule is CNc1coc(-c2ccccc2OC)n1. The Kier molecular flexibility index (Phi) is 2.58. The van der Waals surface area contributed by atoms with Crippen LogP contribution in [0.15, 0.2) is 34.9 Å². The molecule has 1 heterocycles. The van der Waals surface area contributed by atoms with E-state index in [-0.39, 0.29) is 0 Å². The molecule has 0 spiro atoms. The Balaban J connectivity index is 2.44. The number of nitrogens with zero attached hydrogens (tertiary/aromatic N) is 1. The van der Waals surface area contributed by atoms with Gasteiger partial charge in [0.1, 0.15) is 12.0 Å². The van der Waals surface area contributed by atoms with Crippen LogP contribution in [-0.2, 0) is 0 Å². The maximum Gasteiger partial charge on any atom is 0.231 e. The predicted octanol–water partition coefficient (Wildman–Crippen LogP) is 2.39. The summed E-state index contributed by atoms with van der Waals surface area (Å²) in [5, 5.41) is 2.91. The van der Waals surface area contributed by atoms with Gasteiger partial charge in [0.15, 0.2) is 5.82 Å². The quantitative estimate of drug-likeness (QED) is 0.833. The number of aromatic nitrogens is 1. The normalized spacial score (nSPS) is 10.0. The van der Waals surface area contributed by atoms with Crippen LogP contribution in [0.1, 0.15) is 0 Å². The molecule has 0 saturated heterocycles. The Bertz CT molecular complexity index is 451. The number of anilines is 1. The van der Waals surface area contributed by atoms with Gasteiger partial charge in [-0.2, -0.15) is 4.98 Å². The molecule has 0 saturated carbocycles. The third-order valence-corrected chi connectivity index (χ3v) is 2.10. The lowest BCUT2D eigenvalue weighted by Gasteiger charge is -2.03. The number of para-hydroxylation sites is 1. The van der Waals surface area contributed by atoms with Gasteiger partial charge in [-0.1, -0.05) is 12.1 Å². The highest BCUT2D eigenvalue weighted by Crippen LogP contribution is 2.29. The predicted molar refractivity (Wildman–Crippen MR) is 58.0 cm³/mol. The van der Waals surface area contributed by atoms with Crippen molar-refractivity contribution in [3.05, 3.63) is 30.5 Å². The Morgan fingerprint density at radius 3 is 2.80 bits per heavy atom. The summed E-state index contributed by atoms with van der Waals surface area (Å²) < 4.78 is 10.6. The minimum Gasteiger partial charge on any atom is -0.496 e. The van der Waals surface area contributed by atoms with Crippen LogP contribution in [0.25, 0.3) is 11.5 Å². The van der Waals surface area contributed by atoms with Gasteiger partial charge in [0.05, 0.1) is 12.7 Å². The monoisotopic (exact) mass is 204 g/mol. The zero-order valence-electron chi connectivity index (χ0n) is 8.65. The molecule has 1 N–H and O–H groups in total. The van der Waals surface area contributed by atoms with Gasteiger partial charge < -0.3 is 14.5 Å². The van der Waals surface area contributed by atoms with Crippen molar-refractivity contribution in [2.24, 2.45) is 0 Å². The summed E-state index contributed by atoms with van der Waals surface area (Å²) in [5.74, 6) is 2.01. The summed E-state index contributed by atoms with van der Waals surface area (Å²) in [6, 6.07) is 7.61. The summed E-state index contributed by atoms with van der Waals surface area (Å²) in [7, 11) is 3.42. The molecule has 1 aromatic carbocycles. The summed E-state index contributed by atoms with van der Waals surface area (Å²) in [4.78, 5) is 4.25. The fourth-order valence-electron chi connectivity index (χ4n) is 1.33. The minimum atomic E-state index is 0.553. The lowest BCUT2D eigenvalue weighted by Crippen LogP contribution is -1.89. The molecule has 0 atom stereocenters. The Hall–Kier alpha value is -1.97. The molecule has 0 fully saturated rings. The largest absolute Gasteiger partial charge is 0.496 e. The van der Waals surface area contributed by atoms with Crippen molar-refractivity contribution in [3.63, 3.8) is 0 Å². The molecule has 1 aromatic heterocycles. The van der Waals surface area contributed by atoms with Crippen LogP contribution in [0.2, 0.25) is 0 Å². The van der Waals surface area contributed by atoms with Crippen molar-refractivity contribution in [3.8, 4) is 17.2 Å². The van der Waals surface area contributed by atoms with Gasteiger partial charge in [-0.3, -0.25) is 0 Å². The molecular formula is C11H12N2O2. The second kappa shape index (κ2) is 4.04. The van der Waals surface area contributed by atoms with E-state index in [1.54, 1.807) is 20.4 Å². The van der Waals surface area contributed by atoms with E-state index >= 15 is 0 Å². The molecule has 15 heavy (non-hydrogen) atoms. The molecule has 2 rings (SSSR count). The first-order valence-corrected chi connectivity index (χ1v) is 4.62. The lowest BCUT2D eigenvalue weighted by atomic mass is 10.2. The highest BCUT2D eigenvalue weighted by Gasteiger charge is 2.10. The molecule has 2 aromatic rings. The van der Waals surface area contributed by atoms with Crippen LogP contribution in [-0.4, -0.2) is 19.1 Å². The first kappa shape index (κ1) is 9.58.